The third-order valence-electron chi connectivity index (χ3n) is 4.00. The third kappa shape index (κ3) is 4.35. The molecular weight excluding hydrogens is 332 g/mol. The van der Waals surface area contributed by atoms with Crippen LogP contribution in [0.2, 0.25) is 0 Å². The van der Waals surface area contributed by atoms with E-state index in [2.05, 4.69) is 53.2 Å². The molecule has 0 aliphatic carbocycles. The van der Waals surface area contributed by atoms with E-state index < -0.39 is 0 Å². The Morgan fingerprint density at radius 2 is 1.80 bits per heavy atom. The zero-order valence-electron chi connectivity index (χ0n) is 14.7. The van der Waals surface area contributed by atoms with Crippen LogP contribution in [0.15, 0.2) is 48.5 Å². The number of hydrogen-bond donors (Lipinski definition) is 1. The predicted molar refractivity (Wildman–Crippen MR) is 102 cm³/mol. The number of aromatic amines is 1. The molecule has 0 bridgehead atoms. The Morgan fingerprint density at radius 1 is 1.12 bits per heavy atom. The molecule has 6 heteroatoms. The van der Waals surface area contributed by atoms with Gasteiger partial charge in [0, 0.05) is 12.1 Å². The maximum atomic E-state index is 5.39. The van der Waals surface area contributed by atoms with E-state index in [1.807, 2.05) is 28.9 Å². The van der Waals surface area contributed by atoms with Gasteiger partial charge >= 0.3 is 0 Å². The normalized spacial score (nSPS) is 11.0. The zero-order chi connectivity index (χ0) is 17.8. The summed E-state index contributed by atoms with van der Waals surface area (Å²) in [6.07, 6.45) is 0. The van der Waals surface area contributed by atoms with E-state index in [9.17, 15) is 0 Å². The van der Waals surface area contributed by atoms with Crippen molar-refractivity contribution >= 4 is 12.2 Å². The van der Waals surface area contributed by atoms with E-state index in [-0.39, 0.29) is 0 Å². The molecular formula is C19H22N4OS. The molecule has 5 nitrogen and oxygen atoms in total. The van der Waals surface area contributed by atoms with Crippen LogP contribution in [0.3, 0.4) is 0 Å². The van der Waals surface area contributed by atoms with Crippen LogP contribution in [0.1, 0.15) is 11.1 Å². The molecule has 1 heterocycles. The van der Waals surface area contributed by atoms with Crippen molar-refractivity contribution < 1.29 is 4.74 Å². The Morgan fingerprint density at radius 3 is 2.44 bits per heavy atom. The molecule has 0 unspecified atom stereocenters. The van der Waals surface area contributed by atoms with Crippen LogP contribution in [0.25, 0.3) is 11.4 Å². The van der Waals surface area contributed by atoms with Gasteiger partial charge in [0.1, 0.15) is 5.75 Å². The molecule has 25 heavy (non-hydrogen) atoms. The minimum atomic E-state index is 0.553. The van der Waals surface area contributed by atoms with Crippen molar-refractivity contribution in [1.29, 1.82) is 0 Å². The lowest BCUT2D eigenvalue weighted by atomic mass is 10.1. The molecule has 0 amide bonds. The highest BCUT2D eigenvalue weighted by Gasteiger charge is 2.07. The number of H-pyrrole nitrogens is 1. The Labute approximate surface area is 152 Å². The highest BCUT2D eigenvalue weighted by molar-refractivity contribution is 7.71. The topological polar surface area (TPSA) is 46.1 Å². The lowest BCUT2D eigenvalue weighted by Gasteiger charge is -2.17. The number of ether oxygens (including phenoxy) is 1. The van der Waals surface area contributed by atoms with Crippen molar-refractivity contribution in [2.75, 3.05) is 14.2 Å². The van der Waals surface area contributed by atoms with Crippen molar-refractivity contribution in [3.8, 4) is 17.1 Å². The molecule has 3 aromatic rings. The number of rotatable bonds is 6. The van der Waals surface area contributed by atoms with Gasteiger partial charge in [-0.2, -0.15) is 4.98 Å². The summed E-state index contributed by atoms with van der Waals surface area (Å²) in [7, 11) is 3.73. The molecule has 0 aliphatic heterocycles. The quantitative estimate of drug-likeness (QED) is 0.679. The first-order valence-corrected chi connectivity index (χ1v) is 8.51. The Balaban J connectivity index is 1.69. The van der Waals surface area contributed by atoms with Crippen molar-refractivity contribution in [3.63, 3.8) is 0 Å². The third-order valence-corrected chi connectivity index (χ3v) is 4.31. The van der Waals surface area contributed by atoms with E-state index in [4.69, 9.17) is 17.0 Å². The molecule has 0 radical (unpaired) electrons. The van der Waals surface area contributed by atoms with Gasteiger partial charge in [0.25, 0.3) is 0 Å². The molecule has 0 fully saturated rings. The van der Waals surface area contributed by atoms with Gasteiger partial charge in [-0.1, -0.05) is 42.0 Å². The summed E-state index contributed by atoms with van der Waals surface area (Å²) >= 11 is 5.39. The van der Waals surface area contributed by atoms with Gasteiger partial charge in [0.2, 0.25) is 4.77 Å². The van der Waals surface area contributed by atoms with E-state index in [0.717, 1.165) is 23.7 Å². The van der Waals surface area contributed by atoms with Crippen LogP contribution in [-0.2, 0) is 13.2 Å². The maximum absolute atomic E-state index is 5.39. The highest BCUT2D eigenvalue weighted by Crippen LogP contribution is 2.16. The summed E-state index contributed by atoms with van der Waals surface area (Å²) < 4.78 is 7.63. The van der Waals surface area contributed by atoms with Crippen LogP contribution in [-0.4, -0.2) is 33.8 Å². The average molecular weight is 354 g/mol. The number of aryl methyl sites for hydroxylation is 1. The first kappa shape index (κ1) is 17.4. The zero-order valence-corrected chi connectivity index (χ0v) is 15.5. The Hall–Kier alpha value is -2.44. The van der Waals surface area contributed by atoms with Crippen LogP contribution in [0, 0.1) is 11.7 Å². The number of nitrogens with zero attached hydrogens (tertiary/aromatic N) is 3. The van der Waals surface area contributed by atoms with Crippen LogP contribution < -0.4 is 4.74 Å². The number of hydrogen-bond acceptors (Lipinski definition) is 4. The highest BCUT2D eigenvalue weighted by atomic mass is 32.1. The standard InChI is InChI=1S/C19H22N4OS/c1-14-4-8-16(9-5-14)18-20-19(25)23(21-18)13-22(2)12-15-6-10-17(24-3)11-7-15/h4-11H,12-13H2,1-3H3,(H,20,21,25). The first-order valence-electron chi connectivity index (χ1n) is 8.10. The fourth-order valence-electron chi connectivity index (χ4n) is 2.63. The SMILES string of the molecule is COc1ccc(CN(C)Cn2[nH]c(-c3ccc(C)cc3)nc2=S)cc1. The molecule has 2 aromatic carbocycles. The fourth-order valence-corrected chi connectivity index (χ4v) is 2.82. The van der Waals surface area contributed by atoms with Gasteiger partial charge in [0.05, 0.1) is 13.8 Å². The number of aromatic nitrogens is 3. The molecule has 0 aliphatic rings. The number of nitrogens with one attached hydrogen (secondary N) is 1. The molecule has 1 aromatic heterocycles. The molecule has 3 rings (SSSR count). The van der Waals surface area contributed by atoms with Crippen molar-refractivity contribution in [1.82, 2.24) is 19.7 Å². The summed E-state index contributed by atoms with van der Waals surface area (Å²) in [6, 6.07) is 16.3. The lowest BCUT2D eigenvalue weighted by Crippen LogP contribution is -2.22. The number of methoxy groups -OCH3 is 1. The van der Waals surface area contributed by atoms with Gasteiger partial charge in [-0.15, -0.1) is 0 Å². The largest absolute Gasteiger partial charge is 0.497 e. The first-order chi connectivity index (χ1) is 12.0. The lowest BCUT2D eigenvalue weighted by molar-refractivity contribution is 0.244. The Kier molecular flexibility index (Phi) is 5.31. The summed E-state index contributed by atoms with van der Waals surface area (Å²) in [4.78, 5) is 6.65. The van der Waals surface area contributed by atoms with E-state index in [0.29, 0.717) is 11.4 Å². The second-order valence-corrected chi connectivity index (χ2v) is 6.52. The molecule has 130 valence electrons. The molecule has 0 spiro atoms. The van der Waals surface area contributed by atoms with E-state index >= 15 is 0 Å². The van der Waals surface area contributed by atoms with Gasteiger partial charge in [-0.05, 0) is 43.9 Å². The molecule has 0 saturated heterocycles. The Bertz CT molecular complexity index is 881. The summed E-state index contributed by atoms with van der Waals surface area (Å²) in [5.74, 6) is 1.66. The van der Waals surface area contributed by atoms with Crippen molar-refractivity contribution in [3.05, 3.63) is 64.4 Å². The van der Waals surface area contributed by atoms with E-state index in [1.54, 1.807) is 7.11 Å². The van der Waals surface area contributed by atoms with E-state index in [1.165, 1.54) is 11.1 Å². The van der Waals surface area contributed by atoms with Crippen LogP contribution in [0.5, 0.6) is 5.75 Å². The average Bonchev–Trinajstić information content (AvgIpc) is 2.96. The second kappa shape index (κ2) is 7.63. The molecule has 1 N–H and O–H groups in total. The molecule has 0 saturated carbocycles. The number of benzene rings is 2. The monoisotopic (exact) mass is 354 g/mol. The van der Waals surface area contributed by atoms with Gasteiger partial charge in [-0.25, -0.2) is 4.68 Å². The van der Waals surface area contributed by atoms with Crippen LogP contribution in [0.4, 0.5) is 0 Å². The van der Waals surface area contributed by atoms with Gasteiger partial charge in [0.15, 0.2) is 5.82 Å². The maximum Gasteiger partial charge on any atom is 0.217 e. The minimum absolute atomic E-state index is 0.553. The minimum Gasteiger partial charge on any atom is -0.497 e. The summed E-state index contributed by atoms with van der Waals surface area (Å²) in [6.45, 7) is 3.52. The summed E-state index contributed by atoms with van der Waals surface area (Å²) in [5.41, 5.74) is 3.47. The van der Waals surface area contributed by atoms with Crippen LogP contribution >= 0.6 is 12.2 Å². The fraction of sp³-hybridized carbons (Fsp3) is 0.263. The predicted octanol–water partition coefficient (Wildman–Crippen LogP) is 4.01. The molecule has 0 atom stereocenters. The summed E-state index contributed by atoms with van der Waals surface area (Å²) in [5, 5.41) is 3.29. The van der Waals surface area contributed by atoms with Gasteiger partial charge < -0.3 is 4.74 Å². The van der Waals surface area contributed by atoms with Gasteiger partial charge in [-0.3, -0.25) is 10.00 Å². The van der Waals surface area contributed by atoms with Crippen molar-refractivity contribution in [2.24, 2.45) is 0 Å². The second-order valence-electron chi connectivity index (χ2n) is 6.15. The van der Waals surface area contributed by atoms with Crippen molar-refractivity contribution in [2.45, 2.75) is 20.1 Å². The smallest absolute Gasteiger partial charge is 0.217 e.